The van der Waals surface area contributed by atoms with E-state index in [9.17, 15) is 9.59 Å². The largest absolute Gasteiger partial charge is 0.467 e. The number of carbonyl (C=O) groups excluding carboxylic acids is 2. The third-order valence-electron chi connectivity index (χ3n) is 4.07. The van der Waals surface area contributed by atoms with E-state index in [4.69, 9.17) is 9.15 Å². The summed E-state index contributed by atoms with van der Waals surface area (Å²) >= 11 is 0. The molecule has 25 heavy (non-hydrogen) atoms. The number of carbonyl (C=O) groups is 2. The van der Waals surface area contributed by atoms with Gasteiger partial charge in [-0.05, 0) is 31.9 Å². The number of nitrogens with zero attached hydrogens (tertiary/aromatic N) is 2. The SMILES string of the molecule is CCOC(=O)C1CCN(C(=NC)NCC(=O)NCc2ccco2)CC1. The van der Waals surface area contributed by atoms with E-state index in [2.05, 4.69) is 20.5 Å². The maximum absolute atomic E-state index is 11.9. The van der Waals surface area contributed by atoms with Crippen molar-refractivity contribution in [1.82, 2.24) is 15.5 Å². The highest BCUT2D eigenvalue weighted by atomic mass is 16.5. The lowest BCUT2D eigenvalue weighted by Crippen LogP contribution is -2.49. The van der Waals surface area contributed by atoms with Crippen LogP contribution in [0.15, 0.2) is 27.8 Å². The predicted octanol–water partition coefficient (Wildman–Crippen LogP) is 0.746. The molecule has 0 saturated carbocycles. The lowest BCUT2D eigenvalue weighted by atomic mass is 9.97. The number of rotatable bonds is 6. The van der Waals surface area contributed by atoms with E-state index in [-0.39, 0.29) is 24.3 Å². The van der Waals surface area contributed by atoms with Crippen molar-refractivity contribution in [2.75, 3.05) is 33.3 Å². The van der Waals surface area contributed by atoms with Gasteiger partial charge in [0.25, 0.3) is 0 Å². The van der Waals surface area contributed by atoms with E-state index >= 15 is 0 Å². The Kier molecular flexibility index (Phi) is 7.31. The maximum Gasteiger partial charge on any atom is 0.309 e. The molecule has 1 fully saturated rings. The fourth-order valence-electron chi connectivity index (χ4n) is 2.74. The minimum Gasteiger partial charge on any atom is -0.467 e. The maximum atomic E-state index is 11.9. The fraction of sp³-hybridized carbons (Fsp3) is 0.588. The van der Waals surface area contributed by atoms with E-state index in [1.165, 1.54) is 0 Å². The van der Waals surface area contributed by atoms with Crippen LogP contribution in [0.2, 0.25) is 0 Å². The van der Waals surface area contributed by atoms with Crippen LogP contribution < -0.4 is 10.6 Å². The summed E-state index contributed by atoms with van der Waals surface area (Å²) in [4.78, 5) is 30.0. The van der Waals surface area contributed by atoms with Crippen LogP contribution in [0.5, 0.6) is 0 Å². The molecule has 2 N–H and O–H groups in total. The lowest BCUT2D eigenvalue weighted by molar-refractivity contribution is -0.149. The summed E-state index contributed by atoms with van der Waals surface area (Å²) in [6, 6.07) is 3.59. The van der Waals surface area contributed by atoms with Gasteiger partial charge in [0.1, 0.15) is 5.76 Å². The topological polar surface area (TPSA) is 96.2 Å². The average Bonchev–Trinajstić information content (AvgIpc) is 3.15. The molecule has 0 atom stereocenters. The van der Waals surface area contributed by atoms with Gasteiger partial charge in [0.05, 0.1) is 31.9 Å². The van der Waals surface area contributed by atoms with Gasteiger partial charge >= 0.3 is 5.97 Å². The second-order valence-electron chi connectivity index (χ2n) is 5.77. The van der Waals surface area contributed by atoms with E-state index < -0.39 is 0 Å². The Morgan fingerprint density at radius 3 is 2.72 bits per heavy atom. The predicted molar refractivity (Wildman–Crippen MR) is 92.8 cm³/mol. The second-order valence-corrected chi connectivity index (χ2v) is 5.77. The summed E-state index contributed by atoms with van der Waals surface area (Å²) < 4.78 is 10.2. The minimum atomic E-state index is -0.140. The van der Waals surface area contributed by atoms with Crippen LogP contribution in [0, 0.1) is 5.92 Å². The average molecular weight is 350 g/mol. The first-order valence-electron chi connectivity index (χ1n) is 8.55. The van der Waals surface area contributed by atoms with E-state index in [1.807, 2.05) is 6.92 Å². The number of guanidine groups is 1. The molecule has 1 aliphatic heterocycles. The zero-order valence-corrected chi connectivity index (χ0v) is 14.8. The third kappa shape index (κ3) is 5.81. The van der Waals surface area contributed by atoms with Gasteiger partial charge in [0.2, 0.25) is 5.91 Å². The number of hydrogen-bond donors (Lipinski definition) is 2. The monoisotopic (exact) mass is 350 g/mol. The van der Waals surface area contributed by atoms with Gasteiger partial charge in [-0.2, -0.15) is 0 Å². The molecule has 1 aromatic rings. The zero-order valence-electron chi connectivity index (χ0n) is 14.8. The van der Waals surface area contributed by atoms with Crippen molar-refractivity contribution in [3.8, 4) is 0 Å². The van der Waals surface area contributed by atoms with Crippen molar-refractivity contribution in [2.45, 2.75) is 26.3 Å². The molecular weight excluding hydrogens is 324 g/mol. The molecule has 1 aliphatic rings. The quantitative estimate of drug-likeness (QED) is 0.446. The van der Waals surface area contributed by atoms with Crippen LogP contribution in [-0.2, 0) is 20.9 Å². The van der Waals surface area contributed by atoms with Gasteiger partial charge in [0.15, 0.2) is 5.96 Å². The van der Waals surface area contributed by atoms with Crippen LogP contribution in [-0.4, -0.2) is 56.0 Å². The van der Waals surface area contributed by atoms with Crippen LogP contribution >= 0.6 is 0 Å². The third-order valence-corrected chi connectivity index (χ3v) is 4.07. The molecule has 0 bridgehead atoms. The van der Waals surface area contributed by atoms with Crippen LogP contribution in [0.25, 0.3) is 0 Å². The molecule has 1 saturated heterocycles. The summed E-state index contributed by atoms with van der Waals surface area (Å²) in [5.41, 5.74) is 0. The number of furan rings is 1. The zero-order chi connectivity index (χ0) is 18.1. The summed E-state index contributed by atoms with van der Waals surface area (Å²) in [5, 5.41) is 5.83. The minimum absolute atomic E-state index is 0.0501. The van der Waals surface area contributed by atoms with Crippen molar-refractivity contribution in [2.24, 2.45) is 10.9 Å². The Morgan fingerprint density at radius 2 is 2.12 bits per heavy atom. The van der Waals surface area contributed by atoms with E-state index in [0.717, 1.165) is 12.8 Å². The number of hydrogen-bond acceptors (Lipinski definition) is 5. The van der Waals surface area contributed by atoms with E-state index in [0.29, 0.717) is 38.0 Å². The fourth-order valence-corrected chi connectivity index (χ4v) is 2.74. The first-order chi connectivity index (χ1) is 12.1. The molecule has 0 unspecified atom stereocenters. The number of nitrogens with one attached hydrogen (secondary N) is 2. The van der Waals surface area contributed by atoms with Crippen molar-refractivity contribution < 1.29 is 18.7 Å². The van der Waals surface area contributed by atoms with Gasteiger partial charge in [-0.15, -0.1) is 0 Å². The Hall–Kier alpha value is -2.51. The van der Waals surface area contributed by atoms with E-state index in [1.54, 1.807) is 25.4 Å². The van der Waals surface area contributed by atoms with Crippen molar-refractivity contribution in [1.29, 1.82) is 0 Å². The molecule has 138 valence electrons. The summed E-state index contributed by atoms with van der Waals surface area (Å²) in [6.45, 7) is 4.13. The number of amides is 1. The van der Waals surface area contributed by atoms with Crippen LogP contribution in [0.3, 0.4) is 0 Å². The van der Waals surface area contributed by atoms with Gasteiger partial charge in [-0.3, -0.25) is 14.6 Å². The number of piperidine rings is 1. The molecule has 0 aliphatic carbocycles. The molecule has 1 amide bonds. The van der Waals surface area contributed by atoms with Gasteiger partial charge < -0.3 is 24.7 Å². The molecule has 2 rings (SSSR count). The Labute approximate surface area is 147 Å². The molecule has 0 radical (unpaired) electrons. The molecule has 2 heterocycles. The van der Waals surface area contributed by atoms with Gasteiger partial charge in [-0.25, -0.2) is 0 Å². The van der Waals surface area contributed by atoms with Crippen molar-refractivity contribution in [3.63, 3.8) is 0 Å². The first-order valence-corrected chi connectivity index (χ1v) is 8.55. The van der Waals surface area contributed by atoms with Gasteiger partial charge in [-0.1, -0.05) is 0 Å². The number of ether oxygens (including phenoxy) is 1. The van der Waals surface area contributed by atoms with Crippen LogP contribution in [0.1, 0.15) is 25.5 Å². The van der Waals surface area contributed by atoms with Gasteiger partial charge in [0, 0.05) is 20.1 Å². The standard InChI is InChI=1S/C17H26N4O4/c1-3-24-16(23)13-6-8-21(9-7-13)17(18-2)20-12-15(22)19-11-14-5-4-10-25-14/h4-5,10,13H,3,6-9,11-12H2,1-2H3,(H,18,20)(H,19,22). The highest BCUT2D eigenvalue weighted by molar-refractivity contribution is 5.86. The normalized spacial score (nSPS) is 15.8. The second kappa shape index (κ2) is 9.71. The Morgan fingerprint density at radius 1 is 1.36 bits per heavy atom. The van der Waals surface area contributed by atoms with Crippen LogP contribution in [0.4, 0.5) is 0 Å². The molecule has 8 nitrogen and oxygen atoms in total. The van der Waals surface area contributed by atoms with Crippen molar-refractivity contribution >= 4 is 17.8 Å². The number of aliphatic imine (C=N–C) groups is 1. The number of esters is 1. The molecule has 0 aromatic carbocycles. The summed E-state index contributed by atoms with van der Waals surface area (Å²) in [6.07, 6.45) is 3.02. The first kappa shape index (κ1) is 18.8. The molecule has 1 aromatic heterocycles. The smallest absolute Gasteiger partial charge is 0.309 e. The Balaban J connectivity index is 1.71. The highest BCUT2D eigenvalue weighted by Gasteiger charge is 2.27. The molecule has 0 spiro atoms. The Bertz CT molecular complexity index is 577. The summed E-state index contributed by atoms with van der Waals surface area (Å²) in [5.74, 6) is 1.06. The summed E-state index contributed by atoms with van der Waals surface area (Å²) in [7, 11) is 1.68. The molecular formula is C17H26N4O4. The highest BCUT2D eigenvalue weighted by Crippen LogP contribution is 2.18. The lowest BCUT2D eigenvalue weighted by Gasteiger charge is -2.33. The van der Waals surface area contributed by atoms with Crippen molar-refractivity contribution in [3.05, 3.63) is 24.2 Å². The number of likely N-dealkylation sites (tertiary alicyclic amines) is 1. The molecule has 8 heteroatoms.